The number of rotatable bonds is 3. The van der Waals surface area contributed by atoms with Crippen molar-refractivity contribution in [1.82, 2.24) is 4.90 Å². The number of carbonyl (C=O) groups is 1. The summed E-state index contributed by atoms with van der Waals surface area (Å²) in [5.74, 6) is 0.289. The number of hydrogen-bond acceptors (Lipinski definition) is 2. The topological polar surface area (TPSA) is 46.3 Å². The highest BCUT2D eigenvalue weighted by molar-refractivity contribution is 5.91. The van der Waals surface area contributed by atoms with Crippen LogP contribution >= 0.6 is 0 Å². The van der Waals surface area contributed by atoms with Crippen molar-refractivity contribution < 1.29 is 9.18 Å². The molecule has 1 heterocycles. The van der Waals surface area contributed by atoms with Crippen molar-refractivity contribution >= 4 is 12.0 Å². The molecule has 1 aromatic rings. The van der Waals surface area contributed by atoms with Gasteiger partial charge in [-0.25, -0.2) is 4.39 Å². The Balaban J connectivity index is 1.89. The van der Waals surface area contributed by atoms with E-state index in [1.165, 1.54) is 12.1 Å². The van der Waals surface area contributed by atoms with Gasteiger partial charge in [0, 0.05) is 19.2 Å². The van der Waals surface area contributed by atoms with Crippen molar-refractivity contribution in [3.63, 3.8) is 0 Å². The summed E-state index contributed by atoms with van der Waals surface area (Å²) in [7, 11) is 0. The van der Waals surface area contributed by atoms with Crippen LogP contribution in [0.15, 0.2) is 30.3 Å². The number of nitrogens with zero attached hydrogens (tertiary/aromatic N) is 1. The van der Waals surface area contributed by atoms with Crippen LogP contribution in [-0.4, -0.2) is 30.4 Å². The van der Waals surface area contributed by atoms with Crippen LogP contribution in [0.5, 0.6) is 0 Å². The Kier molecular flexibility index (Phi) is 4.68. The summed E-state index contributed by atoms with van der Waals surface area (Å²) in [6, 6.07) is 6.08. The van der Waals surface area contributed by atoms with Crippen molar-refractivity contribution in [2.45, 2.75) is 12.8 Å². The fourth-order valence-electron chi connectivity index (χ4n) is 2.24. The van der Waals surface area contributed by atoms with Crippen LogP contribution in [-0.2, 0) is 4.79 Å². The smallest absolute Gasteiger partial charge is 0.246 e. The average molecular weight is 262 g/mol. The number of nitrogens with two attached hydrogens (primary N) is 1. The molecule has 2 N–H and O–H groups in total. The van der Waals surface area contributed by atoms with Crippen molar-refractivity contribution in [2.24, 2.45) is 11.7 Å². The van der Waals surface area contributed by atoms with Gasteiger partial charge in [-0.15, -0.1) is 0 Å². The van der Waals surface area contributed by atoms with Crippen molar-refractivity contribution in [3.8, 4) is 0 Å². The van der Waals surface area contributed by atoms with Crippen LogP contribution in [0.1, 0.15) is 18.4 Å². The van der Waals surface area contributed by atoms with Crippen molar-refractivity contribution in [3.05, 3.63) is 41.7 Å². The van der Waals surface area contributed by atoms with E-state index in [0.717, 1.165) is 31.5 Å². The number of benzene rings is 1. The third kappa shape index (κ3) is 3.89. The number of amides is 1. The highest BCUT2D eigenvalue weighted by Crippen LogP contribution is 2.16. The highest BCUT2D eigenvalue weighted by atomic mass is 19.1. The van der Waals surface area contributed by atoms with Gasteiger partial charge in [0.05, 0.1) is 0 Å². The summed E-state index contributed by atoms with van der Waals surface area (Å²) in [4.78, 5) is 13.8. The lowest BCUT2D eigenvalue weighted by molar-refractivity contribution is -0.127. The molecule has 0 saturated carbocycles. The summed E-state index contributed by atoms with van der Waals surface area (Å²) >= 11 is 0. The first-order valence-electron chi connectivity index (χ1n) is 6.61. The van der Waals surface area contributed by atoms with Gasteiger partial charge < -0.3 is 10.6 Å². The summed E-state index contributed by atoms with van der Waals surface area (Å²) < 4.78 is 12.7. The molecule has 102 valence electrons. The lowest BCUT2D eigenvalue weighted by Crippen LogP contribution is -2.39. The molecule has 4 heteroatoms. The van der Waals surface area contributed by atoms with E-state index in [-0.39, 0.29) is 11.7 Å². The van der Waals surface area contributed by atoms with Crippen LogP contribution in [0.4, 0.5) is 4.39 Å². The SMILES string of the molecule is NCC1CCN(C(=O)C=Cc2ccc(F)cc2)CC1. The third-order valence-electron chi connectivity index (χ3n) is 3.55. The molecular weight excluding hydrogens is 243 g/mol. The van der Waals surface area contributed by atoms with Crippen LogP contribution < -0.4 is 5.73 Å². The molecule has 0 aliphatic carbocycles. The molecule has 3 nitrogen and oxygen atoms in total. The third-order valence-corrected chi connectivity index (χ3v) is 3.55. The highest BCUT2D eigenvalue weighted by Gasteiger charge is 2.20. The maximum Gasteiger partial charge on any atom is 0.246 e. The molecule has 0 aromatic heterocycles. The maximum absolute atomic E-state index is 12.7. The Hall–Kier alpha value is -1.68. The Morgan fingerprint density at radius 1 is 1.32 bits per heavy atom. The molecule has 0 unspecified atom stereocenters. The standard InChI is InChI=1S/C15H19FN2O/c16-14-4-1-12(2-5-14)3-6-15(19)18-9-7-13(11-17)8-10-18/h1-6,13H,7-11,17H2. The number of likely N-dealkylation sites (tertiary alicyclic amines) is 1. The Labute approximate surface area is 112 Å². The number of piperidine rings is 1. The predicted octanol–water partition coefficient (Wildman–Crippen LogP) is 2.04. The van der Waals surface area contributed by atoms with E-state index in [2.05, 4.69) is 0 Å². The molecule has 1 amide bonds. The van der Waals surface area contributed by atoms with E-state index in [1.807, 2.05) is 4.90 Å². The van der Waals surface area contributed by atoms with Crippen molar-refractivity contribution in [1.29, 1.82) is 0 Å². The van der Waals surface area contributed by atoms with Gasteiger partial charge in [0.1, 0.15) is 5.82 Å². The van der Waals surface area contributed by atoms with Gasteiger partial charge in [-0.1, -0.05) is 12.1 Å². The van der Waals surface area contributed by atoms with Gasteiger partial charge in [0.25, 0.3) is 0 Å². The van der Waals surface area contributed by atoms with Crippen molar-refractivity contribution in [2.75, 3.05) is 19.6 Å². The molecule has 2 rings (SSSR count). The molecule has 19 heavy (non-hydrogen) atoms. The van der Waals surface area contributed by atoms with Gasteiger partial charge in [0.15, 0.2) is 0 Å². The minimum atomic E-state index is -0.271. The molecule has 1 fully saturated rings. The normalized spacial score (nSPS) is 17.1. The van der Waals surface area contributed by atoms with E-state index in [1.54, 1.807) is 24.3 Å². The first kappa shape index (κ1) is 13.7. The van der Waals surface area contributed by atoms with Gasteiger partial charge in [-0.05, 0) is 49.1 Å². The van der Waals surface area contributed by atoms with E-state index in [9.17, 15) is 9.18 Å². The summed E-state index contributed by atoms with van der Waals surface area (Å²) in [6.07, 6.45) is 5.23. The second-order valence-electron chi connectivity index (χ2n) is 4.89. The summed E-state index contributed by atoms with van der Waals surface area (Å²) in [6.45, 7) is 2.25. The quantitative estimate of drug-likeness (QED) is 0.847. The molecule has 1 aromatic carbocycles. The van der Waals surface area contributed by atoms with Gasteiger partial charge >= 0.3 is 0 Å². The second-order valence-corrected chi connectivity index (χ2v) is 4.89. The summed E-state index contributed by atoms with van der Waals surface area (Å²) in [5.41, 5.74) is 6.45. The van der Waals surface area contributed by atoms with Crippen LogP contribution in [0.3, 0.4) is 0 Å². The molecule has 1 aliphatic heterocycles. The fraction of sp³-hybridized carbons (Fsp3) is 0.400. The molecule has 0 bridgehead atoms. The number of hydrogen-bond donors (Lipinski definition) is 1. The molecule has 0 atom stereocenters. The van der Waals surface area contributed by atoms with E-state index in [0.29, 0.717) is 12.5 Å². The first-order valence-corrected chi connectivity index (χ1v) is 6.61. The maximum atomic E-state index is 12.7. The zero-order valence-electron chi connectivity index (χ0n) is 10.9. The summed E-state index contributed by atoms with van der Waals surface area (Å²) in [5, 5.41) is 0. The molecule has 0 radical (unpaired) electrons. The monoisotopic (exact) mass is 262 g/mol. The minimum Gasteiger partial charge on any atom is -0.339 e. The zero-order valence-corrected chi connectivity index (χ0v) is 10.9. The van der Waals surface area contributed by atoms with E-state index >= 15 is 0 Å². The predicted molar refractivity (Wildman–Crippen MR) is 73.8 cm³/mol. The van der Waals surface area contributed by atoms with Gasteiger partial charge in [-0.3, -0.25) is 4.79 Å². The Morgan fingerprint density at radius 3 is 2.53 bits per heavy atom. The van der Waals surface area contributed by atoms with Crippen LogP contribution in [0.2, 0.25) is 0 Å². The largest absolute Gasteiger partial charge is 0.339 e. The number of halogens is 1. The lowest BCUT2D eigenvalue weighted by atomic mass is 9.97. The average Bonchev–Trinajstić information content (AvgIpc) is 2.46. The molecular formula is C15H19FN2O. The van der Waals surface area contributed by atoms with Gasteiger partial charge in [-0.2, -0.15) is 0 Å². The number of carbonyl (C=O) groups excluding carboxylic acids is 1. The molecule has 1 aliphatic rings. The second kappa shape index (κ2) is 6.48. The lowest BCUT2D eigenvalue weighted by Gasteiger charge is -2.30. The van der Waals surface area contributed by atoms with E-state index in [4.69, 9.17) is 5.73 Å². The molecule has 1 saturated heterocycles. The zero-order chi connectivity index (χ0) is 13.7. The van der Waals surface area contributed by atoms with Crippen LogP contribution in [0.25, 0.3) is 6.08 Å². The first-order chi connectivity index (χ1) is 9.19. The minimum absolute atomic E-state index is 0.0137. The molecule has 0 spiro atoms. The van der Waals surface area contributed by atoms with Gasteiger partial charge in [0.2, 0.25) is 5.91 Å². The Bertz CT molecular complexity index is 448. The van der Waals surface area contributed by atoms with E-state index < -0.39 is 0 Å². The Morgan fingerprint density at radius 2 is 1.95 bits per heavy atom. The van der Waals surface area contributed by atoms with Crippen LogP contribution in [0, 0.1) is 11.7 Å². The fourth-order valence-corrected chi connectivity index (χ4v) is 2.24.